The minimum absolute atomic E-state index is 0.591. The monoisotopic (exact) mass is 329 g/mol. The van der Waals surface area contributed by atoms with Crippen molar-refractivity contribution < 1.29 is 4.42 Å². The number of nitrogens with one attached hydrogen (secondary N) is 1. The molecular weight excluding hydrogens is 310 g/mol. The Balaban J connectivity index is 2.03. The van der Waals surface area contributed by atoms with E-state index in [0.29, 0.717) is 5.71 Å². The fraction of sp³-hybridized carbons (Fsp3) is 0.143. The van der Waals surface area contributed by atoms with Crippen LogP contribution in [-0.4, -0.2) is 17.0 Å². The van der Waals surface area contributed by atoms with Crippen molar-refractivity contribution in [1.29, 1.82) is 0 Å². The van der Waals surface area contributed by atoms with Crippen LogP contribution in [0.15, 0.2) is 65.3 Å². The Morgan fingerprint density at radius 3 is 2.36 bits per heavy atom. The van der Waals surface area contributed by atoms with Crippen molar-refractivity contribution in [2.45, 2.75) is 13.3 Å². The highest BCUT2D eigenvalue weighted by Crippen LogP contribution is 2.42. The molecule has 2 heterocycles. The van der Waals surface area contributed by atoms with Gasteiger partial charge in [0.25, 0.3) is 0 Å². The summed E-state index contributed by atoms with van der Waals surface area (Å²) in [5.41, 5.74) is 5.03. The van der Waals surface area contributed by atoms with E-state index in [-0.39, 0.29) is 0 Å². The first kappa shape index (κ1) is 15.4. The third-order valence-corrected chi connectivity index (χ3v) is 4.41. The average molecular weight is 329 g/mol. The van der Waals surface area contributed by atoms with Gasteiger partial charge in [0.05, 0.1) is 5.39 Å². The summed E-state index contributed by atoms with van der Waals surface area (Å²) in [7, 11) is 1.86. The van der Waals surface area contributed by atoms with E-state index in [1.54, 1.807) is 0 Å². The van der Waals surface area contributed by atoms with E-state index in [0.717, 1.165) is 40.1 Å². The summed E-state index contributed by atoms with van der Waals surface area (Å²) in [5.74, 6) is 1.59. The number of benzene rings is 2. The Bertz CT molecular complexity index is 1000. The SMILES string of the molecule is CCc1ccc(-c2oc3ncnc(NC)c3c2-c2ccccc2)cc1. The van der Waals surface area contributed by atoms with Crippen molar-refractivity contribution in [2.24, 2.45) is 0 Å². The van der Waals surface area contributed by atoms with E-state index >= 15 is 0 Å². The van der Waals surface area contributed by atoms with Gasteiger partial charge in [-0.25, -0.2) is 9.97 Å². The van der Waals surface area contributed by atoms with Crippen molar-refractivity contribution in [3.05, 3.63) is 66.5 Å². The van der Waals surface area contributed by atoms with Crippen LogP contribution >= 0.6 is 0 Å². The molecule has 0 fully saturated rings. The predicted octanol–water partition coefficient (Wildman–Crippen LogP) is 5.16. The average Bonchev–Trinajstić information content (AvgIpc) is 3.08. The van der Waals surface area contributed by atoms with Crippen LogP contribution in [0.25, 0.3) is 33.6 Å². The zero-order chi connectivity index (χ0) is 17.2. The lowest BCUT2D eigenvalue weighted by molar-refractivity contribution is 0.618. The van der Waals surface area contributed by atoms with Crippen LogP contribution in [-0.2, 0) is 6.42 Å². The molecular formula is C21H19N3O. The van der Waals surface area contributed by atoms with E-state index in [4.69, 9.17) is 4.42 Å². The van der Waals surface area contributed by atoms with Gasteiger partial charge in [-0.1, -0.05) is 61.5 Å². The topological polar surface area (TPSA) is 51.0 Å². The number of nitrogens with zero attached hydrogens (tertiary/aromatic N) is 2. The van der Waals surface area contributed by atoms with Gasteiger partial charge in [-0.15, -0.1) is 0 Å². The molecule has 124 valence electrons. The van der Waals surface area contributed by atoms with Gasteiger partial charge in [-0.05, 0) is 17.5 Å². The number of aryl methyl sites for hydroxylation is 1. The van der Waals surface area contributed by atoms with Crippen LogP contribution < -0.4 is 5.32 Å². The first-order valence-electron chi connectivity index (χ1n) is 8.41. The fourth-order valence-electron chi connectivity index (χ4n) is 3.10. The van der Waals surface area contributed by atoms with Gasteiger partial charge in [0.1, 0.15) is 17.9 Å². The standard InChI is InChI=1S/C21H19N3O/c1-3-14-9-11-16(12-10-14)19-17(15-7-5-4-6-8-15)18-20(22-2)23-13-24-21(18)25-19/h4-13H,3H2,1-2H3,(H,22,23,24). The van der Waals surface area contributed by atoms with Crippen molar-refractivity contribution >= 4 is 16.9 Å². The van der Waals surface area contributed by atoms with Crippen LogP contribution in [0, 0.1) is 0 Å². The lowest BCUT2D eigenvalue weighted by atomic mass is 9.98. The molecule has 25 heavy (non-hydrogen) atoms. The zero-order valence-corrected chi connectivity index (χ0v) is 14.3. The third kappa shape index (κ3) is 2.66. The van der Waals surface area contributed by atoms with E-state index in [1.807, 2.05) is 25.2 Å². The van der Waals surface area contributed by atoms with E-state index in [2.05, 4.69) is 58.6 Å². The molecule has 4 rings (SSSR count). The van der Waals surface area contributed by atoms with E-state index in [1.165, 1.54) is 11.9 Å². The molecule has 0 aliphatic heterocycles. The number of fused-ring (bicyclic) bond motifs is 1. The number of anilines is 1. The molecule has 4 aromatic rings. The molecule has 0 amide bonds. The van der Waals surface area contributed by atoms with Crippen molar-refractivity contribution in [3.63, 3.8) is 0 Å². The minimum atomic E-state index is 0.591. The molecule has 4 heteroatoms. The number of furan rings is 1. The molecule has 1 N–H and O–H groups in total. The van der Waals surface area contributed by atoms with Crippen LogP contribution in [0.4, 0.5) is 5.82 Å². The molecule has 0 radical (unpaired) electrons. The van der Waals surface area contributed by atoms with Gasteiger partial charge in [0, 0.05) is 18.2 Å². The first-order chi connectivity index (χ1) is 12.3. The smallest absolute Gasteiger partial charge is 0.232 e. The highest BCUT2D eigenvalue weighted by Gasteiger charge is 2.21. The van der Waals surface area contributed by atoms with Crippen molar-refractivity contribution in [3.8, 4) is 22.5 Å². The summed E-state index contributed by atoms with van der Waals surface area (Å²) in [6, 6.07) is 18.7. The van der Waals surface area contributed by atoms with E-state index in [9.17, 15) is 0 Å². The Morgan fingerprint density at radius 2 is 1.68 bits per heavy atom. The normalized spacial score (nSPS) is 11.0. The zero-order valence-electron chi connectivity index (χ0n) is 14.3. The second-order valence-corrected chi connectivity index (χ2v) is 5.88. The summed E-state index contributed by atoms with van der Waals surface area (Å²) in [6.07, 6.45) is 2.54. The molecule has 0 aliphatic carbocycles. The number of aromatic nitrogens is 2. The summed E-state index contributed by atoms with van der Waals surface area (Å²) in [4.78, 5) is 8.70. The molecule has 4 nitrogen and oxygen atoms in total. The van der Waals surface area contributed by atoms with Crippen molar-refractivity contribution in [2.75, 3.05) is 12.4 Å². The summed E-state index contributed by atoms with van der Waals surface area (Å²) in [6.45, 7) is 2.15. The maximum Gasteiger partial charge on any atom is 0.232 e. The lowest BCUT2D eigenvalue weighted by Crippen LogP contribution is -1.94. The van der Waals surface area contributed by atoms with Gasteiger partial charge in [-0.3, -0.25) is 0 Å². The Morgan fingerprint density at radius 1 is 0.920 bits per heavy atom. The minimum Gasteiger partial charge on any atom is -0.437 e. The first-order valence-corrected chi connectivity index (χ1v) is 8.41. The molecule has 0 saturated carbocycles. The summed E-state index contributed by atoms with van der Waals surface area (Å²) >= 11 is 0. The molecule has 2 aromatic carbocycles. The van der Waals surface area contributed by atoms with Crippen LogP contribution in [0.1, 0.15) is 12.5 Å². The van der Waals surface area contributed by atoms with Gasteiger partial charge < -0.3 is 9.73 Å². The maximum atomic E-state index is 6.16. The Hall–Kier alpha value is -3.14. The Labute approximate surface area is 146 Å². The van der Waals surface area contributed by atoms with Gasteiger partial charge in [0.15, 0.2) is 0 Å². The second kappa shape index (κ2) is 6.40. The van der Waals surface area contributed by atoms with Crippen LogP contribution in [0.3, 0.4) is 0 Å². The number of hydrogen-bond acceptors (Lipinski definition) is 4. The van der Waals surface area contributed by atoms with E-state index < -0.39 is 0 Å². The molecule has 0 aliphatic rings. The number of hydrogen-bond donors (Lipinski definition) is 1. The third-order valence-electron chi connectivity index (χ3n) is 4.41. The largest absolute Gasteiger partial charge is 0.437 e. The van der Waals surface area contributed by atoms with Gasteiger partial charge in [0.2, 0.25) is 5.71 Å². The quantitative estimate of drug-likeness (QED) is 0.562. The molecule has 0 saturated heterocycles. The molecule has 0 atom stereocenters. The predicted molar refractivity (Wildman–Crippen MR) is 102 cm³/mol. The molecule has 2 aromatic heterocycles. The van der Waals surface area contributed by atoms with Crippen LogP contribution in [0.2, 0.25) is 0 Å². The molecule has 0 spiro atoms. The van der Waals surface area contributed by atoms with Crippen LogP contribution in [0.5, 0.6) is 0 Å². The Kier molecular flexibility index (Phi) is 3.94. The highest BCUT2D eigenvalue weighted by atomic mass is 16.3. The summed E-state index contributed by atoms with van der Waals surface area (Å²) in [5, 5.41) is 4.06. The van der Waals surface area contributed by atoms with Crippen molar-refractivity contribution in [1.82, 2.24) is 9.97 Å². The van der Waals surface area contributed by atoms with Gasteiger partial charge >= 0.3 is 0 Å². The second-order valence-electron chi connectivity index (χ2n) is 5.88. The van der Waals surface area contributed by atoms with Gasteiger partial charge in [-0.2, -0.15) is 0 Å². The number of rotatable bonds is 4. The molecule has 0 bridgehead atoms. The fourth-order valence-corrected chi connectivity index (χ4v) is 3.10. The highest BCUT2D eigenvalue weighted by molar-refractivity contribution is 6.05. The maximum absolute atomic E-state index is 6.16. The summed E-state index contributed by atoms with van der Waals surface area (Å²) < 4.78 is 6.16. The molecule has 0 unspecified atom stereocenters. The lowest BCUT2D eigenvalue weighted by Gasteiger charge is -2.06.